The number of piperidine rings is 1. The van der Waals surface area contributed by atoms with Gasteiger partial charge in [-0.2, -0.15) is 0 Å². The number of halogens is 12. The Labute approximate surface area is 812 Å². The molecule has 4 aromatic heterocycles. The highest BCUT2D eigenvalue weighted by Crippen LogP contribution is 2.35. The molecule has 7 heterocycles. The number of pyridine rings is 4. The number of aromatic nitrogens is 4. The van der Waals surface area contributed by atoms with Crippen molar-refractivity contribution < 1.29 is 55.9 Å². The third-order valence-corrected chi connectivity index (χ3v) is 22.9. The number of carbonyl (C=O) groups excluding carboxylic acids is 8. The first kappa shape index (κ1) is 100. The van der Waals surface area contributed by atoms with Gasteiger partial charge in [-0.3, -0.25) is 54.2 Å². The lowest BCUT2D eigenvalue weighted by Crippen LogP contribution is -2.35. The van der Waals surface area contributed by atoms with Crippen molar-refractivity contribution in [3.05, 3.63) is 347 Å². The van der Waals surface area contributed by atoms with Crippen LogP contribution < -0.4 is 42.5 Å². The third kappa shape index (κ3) is 26.5. The number of nitrogens with zero attached hydrogens (tertiary/aromatic N) is 7. The molecule has 0 saturated carbocycles. The van der Waals surface area contributed by atoms with Gasteiger partial charge in [-0.1, -0.05) is 117 Å². The Bertz CT molecular complexity index is 6690. The second kappa shape index (κ2) is 45.9. The van der Waals surface area contributed by atoms with Crippen molar-refractivity contribution in [3.8, 4) is 0 Å². The van der Waals surface area contributed by atoms with Crippen molar-refractivity contribution in [1.82, 2.24) is 29.7 Å². The van der Waals surface area contributed by atoms with E-state index in [2.05, 4.69) is 67.5 Å². The maximum atomic E-state index is 15.0. The second-order valence-electron chi connectivity index (χ2n) is 30.9. The molecule has 2 saturated heterocycles. The van der Waals surface area contributed by atoms with E-state index < -0.39 is 70.5 Å². The number of likely N-dealkylation sites (tertiary alicyclic amines) is 2. The number of amidine groups is 2. The number of carbonyl (C=O) groups is 8. The minimum atomic E-state index is -0.774. The van der Waals surface area contributed by atoms with E-state index in [0.29, 0.717) is 84.7 Å². The highest BCUT2D eigenvalue weighted by Gasteiger charge is 2.29. The van der Waals surface area contributed by atoms with Gasteiger partial charge in [0.05, 0.1) is 87.3 Å². The predicted octanol–water partition coefficient (Wildman–Crippen LogP) is 23.6. The molecule has 3 aliphatic rings. The van der Waals surface area contributed by atoms with Gasteiger partial charge in [0.2, 0.25) is 0 Å². The molecule has 0 spiro atoms. The minimum Gasteiger partial charge on any atom is -0.357 e. The number of rotatable bonds is 20. The molecule has 3 aliphatic heterocycles. The summed E-state index contributed by atoms with van der Waals surface area (Å²) in [5.74, 6) is -6.53. The molecule has 0 unspecified atom stereocenters. The Hall–Kier alpha value is -13.6. The summed E-state index contributed by atoms with van der Waals surface area (Å²) in [6, 6.07) is 40.9. The number of aryl methyl sites for hydroxylation is 4. The van der Waals surface area contributed by atoms with E-state index in [-0.39, 0.29) is 108 Å². The van der Waals surface area contributed by atoms with Crippen LogP contribution in [0.1, 0.15) is 179 Å². The average molecular weight is 1990 g/mol. The molecule has 8 aromatic carbocycles. The van der Waals surface area contributed by atoms with E-state index in [1.807, 2.05) is 9.80 Å². The molecule has 2 fully saturated rings. The summed E-state index contributed by atoms with van der Waals surface area (Å²) in [5.41, 5.74) is 5.37. The fraction of sp³-hybridized carbons (Fsp3) is 0.175. The van der Waals surface area contributed by atoms with Gasteiger partial charge in [-0.05, 0) is 259 Å². The number of nitrogens with one attached hydrogen (secondary N) is 11. The first-order chi connectivity index (χ1) is 64.4. The van der Waals surface area contributed by atoms with Gasteiger partial charge in [0.1, 0.15) is 58.2 Å². The van der Waals surface area contributed by atoms with Gasteiger partial charge in [-0.25, -0.2) is 37.5 Å². The van der Waals surface area contributed by atoms with Crippen molar-refractivity contribution in [3.63, 3.8) is 0 Å². The summed E-state index contributed by atoms with van der Waals surface area (Å²) in [4.78, 5) is 128. The molecule has 12 aromatic rings. The quantitative estimate of drug-likeness (QED) is 0.0192. The first-order valence-corrected chi connectivity index (χ1v) is 44.6. The zero-order valence-corrected chi connectivity index (χ0v) is 78.4. The van der Waals surface area contributed by atoms with Crippen molar-refractivity contribution in [1.29, 1.82) is 16.2 Å². The summed E-state index contributed by atoms with van der Waals surface area (Å²) < 4.78 is 59.1. The van der Waals surface area contributed by atoms with E-state index in [4.69, 9.17) is 109 Å². The predicted molar refractivity (Wildman–Crippen MR) is 524 cm³/mol. The van der Waals surface area contributed by atoms with Gasteiger partial charge in [0, 0.05) is 100 Å². The van der Waals surface area contributed by atoms with E-state index in [1.54, 1.807) is 100 Å². The Morgan fingerprint density at radius 2 is 0.570 bits per heavy atom. The van der Waals surface area contributed by atoms with Crippen LogP contribution in [0.2, 0.25) is 40.2 Å². The van der Waals surface area contributed by atoms with Crippen molar-refractivity contribution in [2.75, 3.05) is 75.3 Å². The second-order valence-corrected chi connectivity index (χ2v) is 34.4. The van der Waals surface area contributed by atoms with Crippen LogP contribution in [0.25, 0.3) is 0 Å². The topological polar surface area (TPSA) is 375 Å². The van der Waals surface area contributed by atoms with Crippen LogP contribution in [-0.2, 0) is 0 Å². The molecule has 38 heteroatoms. The first-order valence-electron chi connectivity index (χ1n) is 41.6. The van der Waals surface area contributed by atoms with Crippen molar-refractivity contribution in [2.24, 2.45) is 4.99 Å². The summed E-state index contributed by atoms with van der Waals surface area (Å²) in [6.45, 7) is 12.0. The van der Waals surface area contributed by atoms with E-state index in [1.165, 1.54) is 123 Å². The lowest BCUT2D eigenvalue weighted by Gasteiger charge is -2.29. The van der Waals surface area contributed by atoms with Gasteiger partial charge in [0.25, 0.3) is 47.3 Å². The molecule has 692 valence electrons. The minimum absolute atomic E-state index is 0.0856. The molecule has 0 aliphatic carbocycles. The van der Waals surface area contributed by atoms with Gasteiger partial charge in [0.15, 0.2) is 0 Å². The molecule has 26 nitrogen and oxygen atoms in total. The Balaban J connectivity index is 0.000000162. The molecule has 0 atom stereocenters. The van der Waals surface area contributed by atoms with Gasteiger partial charge in [-0.15, -0.1) is 0 Å². The highest BCUT2D eigenvalue weighted by atomic mass is 35.5. The number of hydrogen-bond acceptors (Lipinski definition) is 16. The number of anilines is 8. The van der Waals surface area contributed by atoms with E-state index in [0.717, 1.165) is 89.4 Å². The number of benzene rings is 8. The molecule has 0 radical (unpaired) electrons. The van der Waals surface area contributed by atoms with Crippen LogP contribution in [0.5, 0.6) is 0 Å². The van der Waals surface area contributed by atoms with Crippen LogP contribution in [-0.4, -0.2) is 133 Å². The number of amides is 8. The largest absolute Gasteiger partial charge is 0.357 e. The Morgan fingerprint density at radius 1 is 0.304 bits per heavy atom. The summed E-state index contributed by atoms with van der Waals surface area (Å²) in [7, 11) is 0. The van der Waals surface area contributed by atoms with E-state index in [9.17, 15) is 55.9 Å². The molecular formula is C97H82Cl8F4N18O8. The smallest absolute Gasteiger partial charge is 0.258 e. The fourth-order valence-electron chi connectivity index (χ4n) is 14.3. The van der Waals surface area contributed by atoms with Crippen LogP contribution in [0.15, 0.2) is 200 Å². The van der Waals surface area contributed by atoms with Crippen LogP contribution in [0.3, 0.4) is 0 Å². The summed E-state index contributed by atoms with van der Waals surface area (Å²) >= 11 is 47.9. The monoisotopic (exact) mass is 1980 g/mol. The molecule has 135 heavy (non-hydrogen) atoms. The molecule has 0 bridgehead atoms. The Kier molecular flexibility index (Phi) is 34.2. The maximum absolute atomic E-state index is 15.0. The lowest BCUT2D eigenvalue weighted by molar-refractivity contribution is 0.100. The maximum Gasteiger partial charge on any atom is 0.258 e. The summed E-state index contributed by atoms with van der Waals surface area (Å²) in [6.07, 6.45) is 12.4. The third-order valence-electron chi connectivity index (χ3n) is 21.1. The normalized spacial score (nSPS) is 12.5. The summed E-state index contributed by atoms with van der Waals surface area (Å²) in [5, 5.41) is 48.2. The van der Waals surface area contributed by atoms with Crippen LogP contribution in [0, 0.1) is 67.2 Å². The molecule has 8 amide bonds. The van der Waals surface area contributed by atoms with Crippen LogP contribution >= 0.6 is 92.8 Å². The molecule has 11 N–H and O–H groups in total. The fourth-order valence-corrected chi connectivity index (χ4v) is 15.9. The van der Waals surface area contributed by atoms with Crippen LogP contribution in [0.4, 0.5) is 63.6 Å². The highest BCUT2D eigenvalue weighted by molar-refractivity contribution is 6.34. The zero-order chi connectivity index (χ0) is 97.2. The van der Waals surface area contributed by atoms with E-state index >= 15 is 0 Å². The average Bonchev–Trinajstić information content (AvgIpc) is 1.58. The Morgan fingerprint density at radius 3 is 0.830 bits per heavy atom. The van der Waals surface area contributed by atoms with Gasteiger partial charge < -0.3 is 57.7 Å². The molecular weight excluding hydrogens is 1900 g/mol. The molecule has 15 rings (SSSR count). The van der Waals surface area contributed by atoms with Gasteiger partial charge >= 0.3 is 0 Å². The lowest BCUT2D eigenvalue weighted by atomic mass is 10.0. The van der Waals surface area contributed by atoms with Crippen molar-refractivity contribution in [2.45, 2.75) is 79.6 Å². The number of aliphatic imine (C=N–C) groups is 1. The SMILES string of the molecule is CC(=N)c1ccc(C(=O)Nc2c(C)cc(Cl)cc2C(=O)Nc2ccc(Cl)cn2)c(F)c1.Cc1cc(Cl)cc(C(=O)Nc2ccc(Cl)cn2)c1NC(=O)c1ccc(C(=N)N2CCCC2)cc1F.Cc1cc(Cl)cc(C(=O)Nc2ccc(Cl)cn2)c1NC(=O)c1ccc(C(=N)N2CCCCC2)cc1F.Cc1cc(Cl)cc(C(=O)Nc2ccc(Cl)cn2)c1NC(=O)c1ccc(C2=NCCC2)cc1F. The zero-order valence-electron chi connectivity index (χ0n) is 72.4. The number of hydrogen-bond donors (Lipinski definition) is 11. The van der Waals surface area contributed by atoms with Crippen molar-refractivity contribution >= 4 is 209 Å². The standard InChI is InChI=1S/C26H24Cl2FN5O2.C25H22Cl2FN5O2.C24H19Cl2FN4O2.C22H17Cl2FN4O2/c1-15-11-18(28)13-20(26(36)32-22-8-6-17(27)14-31-22)23(15)33-25(35)19-7-5-16(12-21(19)29)24(30)34-9-3-2-4-10-34;1-14-10-17(27)12-19(25(35)31-21-7-5-16(26)13-30-21)22(14)32-24(34)18-6-4-15(11-20(18)28)23(29)33-8-2-3-9-33;1-13-9-16(26)11-18(24(33)30-21-7-5-15(25)12-29-21)22(13)31-23(32)17-6-4-14(10-19(17)27)20-3-2-8-28-20;1-11-7-15(24)9-17(22(31)28-19-6-4-14(23)10-27-19)20(11)29-21(30)16-5-3-13(12(2)26)8-18(16)25/h5-8,11-14,30H,2-4,9-10H2,1H3,(H,33,35)(H,31,32,36);4-7,10-13,29H,2-3,8-9H2,1H3,(H,32,34)(H,30,31,35);4-7,9-12H,2-3,8H2,1H3,(H,31,32)(H,29,30,33);3-10,26H,1-2H3,(H,29,30)(H,27,28,31).